The molecule has 5 nitrogen and oxygen atoms in total. The largest absolute Gasteiger partial charge is 0.491 e. The Bertz CT molecular complexity index is 649. The highest BCUT2D eigenvalue weighted by molar-refractivity contribution is 7.71. The zero-order valence-electron chi connectivity index (χ0n) is 11.5. The van der Waals surface area contributed by atoms with Crippen molar-refractivity contribution in [3.05, 3.63) is 34.6 Å². The van der Waals surface area contributed by atoms with Crippen LogP contribution in [0.4, 0.5) is 5.95 Å². The van der Waals surface area contributed by atoms with E-state index in [1.165, 1.54) is 5.56 Å². The highest BCUT2D eigenvalue weighted by Crippen LogP contribution is 2.25. The van der Waals surface area contributed by atoms with Gasteiger partial charge in [0.2, 0.25) is 5.95 Å². The summed E-state index contributed by atoms with van der Waals surface area (Å²) in [5.74, 6) is 1.86. The smallest absolute Gasteiger partial charge is 0.226 e. The van der Waals surface area contributed by atoms with Gasteiger partial charge in [0.15, 0.2) is 4.77 Å². The maximum Gasteiger partial charge on any atom is 0.226 e. The van der Waals surface area contributed by atoms with Crippen molar-refractivity contribution in [1.29, 1.82) is 0 Å². The predicted molar refractivity (Wildman–Crippen MR) is 80.7 cm³/mol. The van der Waals surface area contributed by atoms with Crippen LogP contribution in [0.2, 0.25) is 0 Å². The molecular formula is C14H18N4OS. The molecule has 106 valence electrons. The van der Waals surface area contributed by atoms with Gasteiger partial charge in [-0.3, -0.25) is 4.57 Å². The molecule has 0 spiro atoms. The van der Waals surface area contributed by atoms with Gasteiger partial charge in [0.1, 0.15) is 12.4 Å². The van der Waals surface area contributed by atoms with E-state index in [0.717, 1.165) is 37.8 Å². The van der Waals surface area contributed by atoms with Gasteiger partial charge < -0.3 is 9.64 Å². The number of benzene rings is 1. The molecule has 6 heteroatoms. The van der Waals surface area contributed by atoms with Crippen molar-refractivity contribution in [3.8, 4) is 5.75 Å². The molecule has 1 aromatic heterocycles. The number of rotatable bonds is 3. The molecule has 0 atom stereocenters. The van der Waals surface area contributed by atoms with Crippen LogP contribution in [0.1, 0.15) is 18.9 Å². The number of anilines is 1. The number of aromatic nitrogens is 3. The number of H-pyrrole nitrogens is 1. The minimum Gasteiger partial charge on any atom is -0.491 e. The fourth-order valence-corrected chi connectivity index (χ4v) is 2.69. The van der Waals surface area contributed by atoms with Crippen molar-refractivity contribution >= 4 is 18.2 Å². The minimum absolute atomic E-state index is 0.656. The average molecular weight is 290 g/mol. The molecular weight excluding hydrogens is 272 g/mol. The lowest BCUT2D eigenvalue weighted by molar-refractivity contribution is 0.331. The summed E-state index contributed by atoms with van der Waals surface area (Å²) in [7, 11) is 0. The van der Waals surface area contributed by atoms with Crippen molar-refractivity contribution in [1.82, 2.24) is 14.8 Å². The maximum absolute atomic E-state index is 5.79. The van der Waals surface area contributed by atoms with Gasteiger partial charge in [-0.15, -0.1) is 5.10 Å². The zero-order valence-corrected chi connectivity index (χ0v) is 12.3. The van der Waals surface area contributed by atoms with Gasteiger partial charge in [-0.05, 0) is 24.7 Å². The second-order valence-corrected chi connectivity index (χ2v) is 5.24. The van der Waals surface area contributed by atoms with Gasteiger partial charge in [0.25, 0.3) is 0 Å². The van der Waals surface area contributed by atoms with E-state index in [1.807, 2.05) is 18.2 Å². The van der Waals surface area contributed by atoms with Gasteiger partial charge in [0, 0.05) is 18.7 Å². The molecule has 2 aromatic rings. The van der Waals surface area contributed by atoms with Gasteiger partial charge >= 0.3 is 0 Å². The lowest BCUT2D eigenvalue weighted by atomic mass is 10.2. The SMILES string of the molecule is CCCn1c(N2CCOc3ccccc3C2)n[nH]c1=S. The molecule has 1 aromatic carbocycles. The Labute approximate surface area is 123 Å². The number of hydrogen-bond acceptors (Lipinski definition) is 4. The first-order valence-electron chi connectivity index (χ1n) is 6.90. The number of aromatic amines is 1. The van der Waals surface area contributed by atoms with E-state index in [2.05, 4.69) is 32.7 Å². The zero-order chi connectivity index (χ0) is 13.9. The van der Waals surface area contributed by atoms with Crippen molar-refractivity contribution in [2.24, 2.45) is 0 Å². The van der Waals surface area contributed by atoms with E-state index in [9.17, 15) is 0 Å². The molecule has 0 saturated carbocycles. The van der Waals surface area contributed by atoms with E-state index in [-0.39, 0.29) is 0 Å². The molecule has 0 fully saturated rings. The quantitative estimate of drug-likeness (QED) is 0.883. The Morgan fingerprint density at radius 3 is 3.10 bits per heavy atom. The van der Waals surface area contributed by atoms with Gasteiger partial charge in [-0.1, -0.05) is 25.1 Å². The second-order valence-electron chi connectivity index (χ2n) is 4.86. The lowest BCUT2D eigenvalue weighted by Crippen LogP contribution is -2.28. The third-order valence-corrected chi connectivity index (χ3v) is 3.73. The fourth-order valence-electron chi connectivity index (χ4n) is 2.47. The Hall–Kier alpha value is -1.82. The molecule has 2 heterocycles. The topological polar surface area (TPSA) is 46.1 Å². The van der Waals surface area contributed by atoms with Crippen LogP contribution in [-0.4, -0.2) is 27.9 Å². The Kier molecular flexibility index (Phi) is 3.73. The molecule has 0 aliphatic carbocycles. The molecule has 0 radical (unpaired) electrons. The number of nitrogens with one attached hydrogen (secondary N) is 1. The summed E-state index contributed by atoms with van der Waals surface area (Å²) >= 11 is 5.31. The van der Waals surface area contributed by atoms with Crippen LogP contribution >= 0.6 is 12.2 Å². The number of nitrogens with zero attached hydrogens (tertiary/aromatic N) is 3. The third-order valence-electron chi connectivity index (χ3n) is 3.42. The first-order chi connectivity index (χ1) is 9.79. The summed E-state index contributed by atoms with van der Waals surface area (Å²) in [5, 5.41) is 7.29. The fraction of sp³-hybridized carbons (Fsp3) is 0.429. The van der Waals surface area contributed by atoms with Crippen LogP contribution in [0.15, 0.2) is 24.3 Å². The van der Waals surface area contributed by atoms with Crippen LogP contribution in [-0.2, 0) is 13.1 Å². The average Bonchev–Trinajstić information content (AvgIpc) is 2.71. The van der Waals surface area contributed by atoms with Crippen LogP contribution in [0.3, 0.4) is 0 Å². The molecule has 1 aliphatic rings. The monoisotopic (exact) mass is 290 g/mol. The van der Waals surface area contributed by atoms with Crippen LogP contribution in [0, 0.1) is 4.77 Å². The minimum atomic E-state index is 0.656. The molecule has 0 saturated heterocycles. The van der Waals surface area contributed by atoms with E-state index in [1.54, 1.807) is 0 Å². The second kappa shape index (κ2) is 5.66. The molecule has 0 unspecified atom stereocenters. The number of fused-ring (bicyclic) bond motifs is 1. The molecule has 20 heavy (non-hydrogen) atoms. The van der Waals surface area contributed by atoms with E-state index in [4.69, 9.17) is 17.0 Å². The van der Waals surface area contributed by atoms with Crippen LogP contribution in [0.5, 0.6) is 5.75 Å². The highest BCUT2D eigenvalue weighted by atomic mass is 32.1. The first-order valence-corrected chi connectivity index (χ1v) is 7.31. The molecule has 0 bridgehead atoms. The van der Waals surface area contributed by atoms with Crippen molar-refractivity contribution in [3.63, 3.8) is 0 Å². The normalized spacial score (nSPS) is 14.6. The summed E-state index contributed by atoms with van der Waals surface area (Å²) in [5.41, 5.74) is 1.18. The number of ether oxygens (including phenoxy) is 1. The van der Waals surface area contributed by atoms with Crippen molar-refractivity contribution in [2.75, 3.05) is 18.1 Å². The van der Waals surface area contributed by atoms with Crippen molar-refractivity contribution < 1.29 is 4.74 Å². The van der Waals surface area contributed by atoms with Crippen molar-refractivity contribution in [2.45, 2.75) is 26.4 Å². The number of hydrogen-bond donors (Lipinski definition) is 1. The molecule has 0 amide bonds. The molecule has 1 N–H and O–H groups in total. The summed E-state index contributed by atoms with van der Waals surface area (Å²) in [6, 6.07) is 8.15. The number of para-hydroxylation sites is 1. The third kappa shape index (κ3) is 2.43. The van der Waals surface area contributed by atoms with Gasteiger partial charge in [-0.2, -0.15) is 0 Å². The Morgan fingerprint density at radius 1 is 1.40 bits per heavy atom. The van der Waals surface area contributed by atoms with Gasteiger partial charge in [-0.25, -0.2) is 5.10 Å². The Morgan fingerprint density at radius 2 is 2.25 bits per heavy atom. The van der Waals surface area contributed by atoms with Crippen LogP contribution < -0.4 is 9.64 Å². The van der Waals surface area contributed by atoms with Crippen LogP contribution in [0.25, 0.3) is 0 Å². The summed E-state index contributed by atoms with van der Waals surface area (Å²) in [6.45, 7) is 5.27. The standard InChI is InChI=1S/C14H18N4OS/c1-2-7-18-13(15-16-14(18)20)17-8-9-19-12-6-4-3-5-11(12)10-17/h3-6H,2,7-10H2,1H3,(H,16,20). The molecule has 1 aliphatic heterocycles. The highest BCUT2D eigenvalue weighted by Gasteiger charge is 2.19. The van der Waals surface area contributed by atoms with E-state index >= 15 is 0 Å². The molecule has 3 rings (SSSR count). The first kappa shape index (κ1) is 13.2. The lowest BCUT2D eigenvalue weighted by Gasteiger charge is -2.21. The predicted octanol–water partition coefficient (Wildman–Crippen LogP) is 2.75. The Balaban J connectivity index is 1.93. The summed E-state index contributed by atoms with van der Waals surface area (Å²) < 4.78 is 8.53. The maximum atomic E-state index is 5.79. The summed E-state index contributed by atoms with van der Waals surface area (Å²) in [6.07, 6.45) is 1.03. The summed E-state index contributed by atoms with van der Waals surface area (Å²) in [4.78, 5) is 2.22. The van der Waals surface area contributed by atoms with Gasteiger partial charge in [0.05, 0.1) is 6.54 Å². The van der Waals surface area contributed by atoms with E-state index < -0.39 is 0 Å². The van der Waals surface area contributed by atoms with E-state index in [0.29, 0.717) is 11.4 Å².